The van der Waals surface area contributed by atoms with Crippen LogP contribution in [0.2, 0.25) is 0 Å². The number of aromatic nitrogens is 1. The van der Waals surface area contributed by atoms with Crippen LogP contribution in [0.4, 0.5) is 25.5 Å². The summed E-state index contributed by atoms with van der Waals surface area (Å²) < 4.78 is 32.2. The Labute approximate surface area is 202 Å². The fraction of sp³-hybridized carbons (Fsp3) is 0.455. The van der Waals surface area contributed by atoms with Crippen LogP contribution in [0.1, 0.15) is 19.4 Å². The van der Waals surface area contributed by atoms with Crippen LogP contribution in [-0.4, -0.2) is 66.5 Å². The minimum Gasteiger partial charge on any atom is -0.428 e. The summed E-state index contributed by atoms with van der Waals surface area (Å²) in [6.07, 6.45) is -3.15. The molecule has 186 valence electrons. The van der Waals surface area contributed by atoms with Crippen LogP contribution in [0, 0.1) is 22.6 Å². The molecule has 2 aromatic rings. The number of barbiturate groups is 1. The van der Waals surface area contributed by atoms with Crippen molar-refractivity contribution in [2.24, 2.45) is 5.41 Å². The maximum atomic E-state index is 16.1. The van der Waals surface area contributed by atoms with Gasteiger partial charge < -0.3 is 18.9 Å². The van der Waals surface area contributed by atoms with E-state index in [4.69, 9.17) is 19.3 Å². The van der Waals surface area contributed by atoms with Crippen molar-refractivity contribution < 1.29 is 37.6 Å². The van der Waals surface area contributed by atoms with Crippen LogP contribution in [0.5, 0.6) is 0 Å². The van der Waals surface area contributed by atoms with Crippen LogP contribution < -0.4 is 20.4 Å². The molecule has 3 saturated heterocycles. The largest absolute Gasteiger partial charge is 0.428 e. The number of fused-ring (bicyclic) bond motifs is 5. The number of carbonyl (C=O) groups is 4. The van der Waals surface area contributed by atoms with E-state index >= 15 is 4.39 Å². The number of morpholine rings is 1. The summed E-state index contributed by atoms with van der Waals surface area (Å²) >= 11 is 0. The first-order valence-electron chi connectivity index (χ1n) is 11.2. The van der Waals surface area contributed by atoms with Gasteiger partial charge in [0.15, 0.2) is 17.1 Å². The van der Waals surface area contributed by atoms with Gasteiger partial charge in [-0.3, -0.25) is 25.1 Å². The molecule has 4 aliphatic rings. The fourth-order valence-electron chi connectivity index (χ4n) is 5.83. The molecule has 2 N–H and O–H groups in total. The number of nitriles is 1. The molecule has 14 heteroatoms. The van der Waals surface area contributed by atoms with Gasteiger partial charge in [0.2, 0.25) is 23.5 Å². The predicted octanol–water partition coefficient (Wildman–Crippen LogP) is 0.706. The first-order valence-corrected chi connectivity index (χ1v) is 11.2. The second-order valence-electron chi connectivity index (χ2n) is 9.33. The number of rotatable bonds is 1. The number of nitrogens with zero attached hydrogens (tertiary/aromatic N) is 4. The topological polar surface area (TPSA) is 167 Å². The van der Waals surface area contributed by atoms with Gasteiger partial charge in [-0.25, -0.2) is 14.0 Å². The van der Waals surface area contributed by atoms with E-state index < -0.39 is 53.4 Å². The van der Waals surface area contributed by atoms with Gasteiger partial charge in [-0.2, -0.15) is 5.26 Å². The van der Waals surface area contributed by atoms with Gasteiger partial charge in [0.25, 0.3) is 0 Å². The Bertz CT molecular complexity index is 1400. The van der Waals surface area contributed by atoms with E-state index in [1.165, 1.54) is 6.07 Å². The summed E-state index contributed by atoms with van der Waals surface area (Å²) in [5.74, 6) is -2.46. The third-order valence-corrected chi connectivity index (χ3v) is 7.16. The first-order chi connectivity index (χ1) is 17.1. The summed E-state index contributed by atoms with van der Waals surface area (Å²) in [6, 6.07) is 1.48. The molecule has 0 saturated carbocycles. The zero-order valence-electron chi connectivity index (χ0n) is 19.0. The van der Waals surface area contributed by atoms with Crippen molar-refractivity contribution in [1.82, 2.24) is 15.8 Å². The lowest BCUT2D eigenvalue weighted by Crippen LogP contribution is -2.75. The van der Waals surface area contributed by atoms with Gasteiger partial charge in [0.1, 0.15) is 6.07 Å². The molecular formula is C22H19FN6O7. The van der Waals surface area contributed by atoms with Crippen molar-refractivity contribution in [1.29, 1.82) is 5.26 Å². The highest BCUT2D eigenvalue weighted by Crippen LogP contribution is 2.49. The van der Waals surface area contributed by atoms with Gasteiger partial charge in [-0.15, -0.1) is 0 Å². The quantitative estimate of drug-likeness (QED) is 0.534. The zero-order chi connectivity index (χ0) is 25.5. The molecule has 3 fully saturated rings. The lowest BCUT2D eigenvalue weighted by molar-refractivity contribution is -0.153. The number of benzene rings is 1. The Balaban J connectivity index is 1.56. The molecule has 1 aromatic carbocycles. The van der Waals surface area contributed by atoms with E-state index in [2.05, 4.69) is 15.8 Å². The third kappa shape index (κ3) is 2.80. The maximum Gasteiger partial charge on any atom is 0.417 e. The van der Waals surface area contributed by atoms with Gasteiger partial charge in [0, 0.05) is 13.0 Å². The lowest BCUT2D eigenvalue weighted by atomic mass is 9.66. The second-order valence-corrected chi connectivity index (χ2v) is 9.33. The number of imide groups is 2. The average molecular weight is 498 g/mol. The van der Waals surface area contributed by atoms with E-state index in [-0.39, 0.29) is 53.7 Å². The van der Waals surface area contributed by atoms with Crippen LogP contribution in [0.25, 0.3) is 11.0 Å². The van der Waals surface area contributed by atoms with Crippen molar-refractivity contribution in [3.8, 4) is 6.07 Å². The van der Waals surface area contributed by atoms with Crippen LogP contribution in [-0.2, 0) is 25.5 Å². The summed E-state index contributed by atoms with van der Waals surface area (Å²) in [4.78, 5) is 53.4. The van der Waals surface area contributed by atoms with E-state index in [0.717, 1.165) is 4.90 Å². The number of urea groups is 1. The van der Waals surface area contributed by atoms with E-state index in [0.29, 0.717) is 0 Å². The molecule has 5 amide bonds. The van der Waals surface area contributed by atoms with Crippen LogP contribution in [0.3, 0.4) is 0 Å². The Morgan fingerprint density at radius 2 is 1.92 bits per heavy atom. The van der Waals surface area contributed by atoms with Crippen molar-refractivity contribution in [3.05, 3.63) is 17.4 Å². The SMILES string of the molecule is C[C@@H]1CN2c3c(cc4c(N5C[C@@H](C#N)OC5=O)noc4c3F)CC3(C(=O)NC(=O)NC3=O)C2[C@H](C)O1. The van der Waals surface area contributed by atoms with Crippen molar-refractivity contribution in [2.75, 3.05) is 22.9 Å². The molecular weight excluding hydrogens is 479 g/mol. The fourth-order valence-corrected chi connectivity index (χ4v) is 5.83. The zero-order valence-corrected chi connectivity index (χ0v) is 19.0. The highest BCUT2D eigenvalue weighted by molar-refractivity contribution is 6.20. The van der Waals surface area contributed by atoms with Gasteiger partial charge >= 0.3 is 12.1 Å². The predicted molar refractivity (Wildman–Crippen MR) is 116 cm³/mol. The van der Waals surface area contributed by atoms with Gasteiger partial charge in [-0.1, -0.05) is 5.16 Å². The summed E-state index contributed by atoms with van der Waals surface area (Å²) in [5, 5.41) is 17.4. The van der Waals surface area contributed by atoms with Gasteiger partial charge in [0.05, 0.1) is 35.9 Å². The minimum atomic E-state index is -1.80. The molecule has 13 nitrogen and oxygen atoms in total. The molecule has 0 radical (unpaired) electrons. The number of ether oxygens (including phenoxy) is 2. The molecule has 0 aliphatic carbocycles. The molecule has 36 heavy (non-hydrogen) atoms. The monoisotopic (exact) mass is 498 g/mol. The molecule has 1 aromatic heterocycles. The number of anilines is 2. The first kappa shape index (κ1) is 22.2. The van der Waals surface area contributed by atoms with Crippen molar-refractivity contribution >= 4 is 46.4 Å². The lowest BCUT2D eigenvalue weighted by Gasteiger charge is -2.55. The molecule has 1 unspecified atom stereocenters. The molecule has 4 atom stereocenters. The van der Waals surface area contributed by atoms with Crippen molar-refractivity contribution in [2.45, 2.75) is 44.6 Å². The Morgan fingerprint density at radius 1 is 1.19 bits per heavy atom. The van der Waals surface area contributed by atoms with Gasteiger partial charge in [-0.05, 0) is 25.5 Å². The highest BCUT2D eigenvalue weighted by atomic mass is 19.1. The smallest absolute Gasteiger partial charge is 0.417 e. The number of amides is 5. The molecule has 4 aliphatic heterocycles. The molecule has 5 heterocycles. The Hall–Kier alpha value is -4.25. The average Bonchev–Trinajstić information content (AvgIpc) is 3.39. The summed E-state index contributed by atoms with van der Waals surface area (Å²) in [7, 11) is 0. The summed E-state index contributed by atoms with van der Waals surface area (Å²) in [5.41, 5.74) is -1.62. The number of nitrogens with one attached hydrogen (secondary N) is 2. The van der Waals surface area contributed by atoms with E-state index in [9.17, 15) is 19.2 Å². The number of halogens is 1. The van der Waals surface area contributed by atoms with Crippen LogP contribution in [0.15, 0.2) is 10.6 Å². The van der Waals surface area contributed by atoms with E-state index in [1.807, 2.05) is 6.07 Å². The molecule has 0 bridgehead atoms. The molecule has 1 spiro atoms. The number of carbonyl (C=O) groups excluding carboxylic acids is 4. The second kappa shape index (κ2) is 7.37. The standard InChI is InChI=1S/C22H19FN6O7/c1-8-6-28-14-10(4-22(16(28)9(2)34-8)18(30)25-20(32)26-19(22)31)3-12-15(13(14)23)36-27-17(12)29-7-11(5-24)35-21(29)33/h3,8-9,11,16H,4,6-7H2,1-2H3,(H2,25,26,30,31,32)/t8-,9+,11-,16?/m1/s1. The normalized spacial score (nSPS) is 28.9. The molecule has 6 rings (SSSR count). The van der Waals surface area contributed by atoms with E-state index in [1.54, 1.807) is 18.7 Å². The number of hydrogen-bond acceptors (Lipinski definition) is 10. The Kier molecular flexibility index (Phi) is 4.55. The minimum absolute atomic E-state index is 0.0536. The summed E-state index contributed by atoms with van der Waals surface area (Å²) in [6.45, 7) is 3.49. The maximum absolute atomic E-state index is 16.1. The van der Waals surface area contributed by atoms with Crippen molar-refractivity contribution in [3.63, 3.8) is 0 Å². The highest BCUT2D eigenvalue weighted by Gasteiger charge is 2.63. The number of hydrogen-bond donors (Lipinski definition) is 2. The third-order valence-electron chi connectivity index (χ3n) is 7.16. The van der Waals surface area contributed by atoms with Crippen LogP contribution >= 0.6 is 0 Å². The number of cyclic esters (lactones) is 1. The Morgan fingerprint density at radius 3 is 2.58 bits per heavy atom.